The van der Waals surface area contributed by atoms with Gasteiger partial charge >= 0.3 is 5.97 Å². The maximum Gasteiger partial charge on any atom is 0.335 e. The van der Waals surface area contributed by atoms with Gasteiger partial charge in [0.25, 0.3) is 0 Å². The normalized spacial score (nSPS) is 20.1. The van der Waals surface area contributed by atoms with Crippen LogP contribution >= 0.6 is 0 Å². The first-order valence-electron chi connectivity index (χ1n) is 10.1. The lowest BCUT2D eigenvalue weighted by Gasteiger charge is -2.31. The number of carboxylic acids is 1. The highest BCUT2D eigenvalue weighted by molar-refractivity contribution is 6.12. The molecule has 0 fully saturated rings. The molecule has 0 aromatic heterocycles. The van der Waals surface area contributed by atoms with Crippen LogP contribution in [0.3, 0.4) is 0 Å². The Morgan fingerprint density at radius 3 is 2.07 bits per heavy atom. The Labute approximate surface area is 174 Å². The standard InChI is InChI=1S/C25H33NO3/c1-18-12-14-24(2,3)16-17-25(4,5)15-13-21(18)22(26-29)11-8-19-6-9-20(10-7-19)23(27)28/h6-13,29H,14-17H2,1-5H3,(H,27,28)/b11-8+,18-12?,21-13?,26-22-. The van der Waals surface area contributed by atoms with Crippen molar-refractivity contribution < 1.29 is 15.1 Å². The quantitative estimate of drug-likeness (QED) is 0.337. The summed E-state index contributed by atoms with van der Waals surface area (Å²) in [5.74, 6) is -0.948. The average molecular weight is 396 g/mol. The average Bonchev–Trinajstić information content (AvgIpc) is 2.67. The number of benzene rings is 1. The SMILES string of the molecule is CC1=CCC(C)(C)CCC(C)(C)CC=C1C(/C=C/c1ccc(C(=O)O)cc1)=N\O. The Balaban J connectivity index is 2.33. The fraction of sp³-hybridized carbons (Fsp3) is 0.440. The molecule has 1 aromatic carbocycles. The molecular weight excluding hydrogens is 362 g/mol. The number of carboxylic acid groups (broad SMARTS) is 1. The van der Waals surface area contributed by atoms with E-state index in [9.17, 15) is 10.0 Å². The van der Waals surface area contributed by atoms with Gasteiger partial charge in [-0.15, -0.1) is 0 Å². The second-order valence-electron chi connectivity index (χ2n) is 9.49. The summed E-state index contributed by atoms with van der Waals surface area (Å²) >= 11 is 0. The van der Waals surface area contributed by atoms with Crippen molar-refractivity contribution in [2.24, 2.45) is 16.0 Å². The molecular formula is C25H33NO3. The predicted octanol–water partition coefficient (Wildman–Crippen LogP) is 6.73. The molecule has 29 heavy (non-hydrogen) atoms. The monoisotopic (exact) mass is 395 g/mol. The van der Waals surface area contributed by atoms with E-state index in [2.05, 4.69) is 51.9 Å². The van der Waals surface area contributed by atoms with Crippen molar-refractivity contribution >= 4 is 17.8 Å². The molecule has 0 atom stereocenters. The smallest absolute Gasteiger partial charge is 0.335 e. The third-order valence-electron chi connectivity index (χ3n) is 5.70. The van der Waals surface area contributed by atoms with Crippen molar-refractivity contribution in [3.8, 4) is 0 Å². The van der Waals surface area contributed by atoms with Gasteiger partial charge in [-0.3, -0.25) is 0 Å². The number of oxime groups is 1. The second kappa shape index (κ2) is 9.25. The summed E-state index contributed by atoms with van der Waals surface area (Å²) in [5.41, 5.74) is 4.06. The van der Waals surface area contributed by atoms with Crippen molar-refractivity contribution in [2.75, 3.05) is 0 Å². The number of aromatic carboxylic acids is 1. The van der Waals surface area contributed by atoms with Crippen molar-refractivity contribution in [1.82, 2.24) is 0 Å². The summed E-state index contributed by atoms with van der Waals surface area (Å²) < 4.78 is 0. The number of rotatable bonds is 4. The maximum atomic E-state index is 11.0. The van der Waals surface area contributed by atoms with E-state index in [4.69, 9.17) is 5.11 Å². The zero-order valence-corrected chi connectivity index (χ0v) is 18.2. The first-order valence-corrected chi connectivity index (χ1v) is 10.1. The summed E-state index contributed by atoms with van der Waals surface area (Å²) in [5, 5.41) is 22.3. The Morgan fingerprint density at radius 2 is 1.55 bits per heavy atom. The van der Waals surface area contributed by atoms with E-state index in [-0.39, 0.29) is 16.4 Å². The van der Waals surface area contributed by atoms with Crippen molar-refractivity contribution in [2.45, 2.75) is 60.3 Å². The van der Waals surface area contributed by atoms with Crippen LogP contribution in [0.1, 0.15) is 76.2 Å². The van der Waals surface area contributed by atoms with Gasteiger partial charge in [-0.1, -0.05) is 63.2 Å². The summed E-state index contributed by atoms with van der Waals surface area (Å²) in [6.07, 6.45) is 12.2. The first kappa shape index (κ1) is 22.7. The Morgan fingerprint density at radius 1 is 1.00 bits per heavy atom. The Kier molecular flexibility index (Phi) is 7.23. The van der Waals surface area contributed by atoms with Crippen LogP contribution in [0.15, 0.2) is 58.8 Å². The molecule has 0 saturated heterocycles. The topological polar surface area (TPSA) is 69.9 Å². The minimum atomic E-state index is -0.948. The molecule has 2 N–H and O–H groups in total. The minimum absolute atomic E-state index is 0.178. The van der Waals surface area contributed by atoms with Gasteiger partial charge in [0, 0.05) is 5.57 Å². The van der Waals surface area contributed by atoms with Crippen LogP contribution in [0.5, 0.6) is 0 Å². The van der Waals surface area contributed by atoms with Crippen LogP contribution in [0, 0.1) is 10.8 Å². The summed E-state index contributed by atoms with van der Waals surface area (Å²) in [7, 11) is 0. The third-order valence-corrected chi connectivity index (χ3v) is 5.70. The molecule has 2 rings (SSSR count). The lowest BCUT2D eigenvalue weighted by Crippen LogP contribution is -2.19. The highest BCUT2D eigenvalue weighted by Crippen LogP contribution is 2.38. The van der Waals surface area contributed by atoms with Gasteiger partial charge in [0.05, 0.1) is 5.56 Å². The predicted molar refractivity (Wildman–Crippen MR) is 120 cm³/mol. The summed E-state index contributed by atoms with van der Waals surface area (Å²) in [6, 6.07) is 6.61. The zero-order chi connectivity index (χ0) is 21.7. The van der Waals surface area contributed by atoms with Crippen LogP contribution in [0.25, 0.3) is 6.08 Å². The second-order valence-corrected chi connectivity index (χ2v) is 9.49. The van der Waals surface area contributed by atoms with E-state index >= 15 is 0 Å². The van der Waals surface area contributed by atoms with Crippen molar-refractivity contribution in [3.05, 3.63) is 64.8 Å². The Hall–Kier alpha value is -2.62. The molecule has 4 nitrogen and oxygen atoms in total. The number of carbonyl (C=O) groups is 1. The summed E-state index contributed by atoms with van der Waals surface area (Å²) in [6.45, 7) is 11.2. The molecule has 0 heterocycles. The molecule has 0 spiro atoms. The van der Waals surface area contributed by atoms with Crippen molar-refractivity contribution in [3.63, 3.8) is 0 Å². The van der Waals surface area contributed by atoms with Gasteiger partial charge in [0.2, 0.25) is 0 Å². The molecule has 0 unspecified atom stereocenters. The van der Waals surface area contributed by atoms with Gasteiger partial charge < -0.3 is 10.3 Å². The largest absolute Gasteiger partial charge is 0.478 e. The Bertz CT molecular complexity index is 853. The van der Waals surface area contributed by atoms with E-state index in [1.165, 1.54) is 6.42 Å². The van der Waals surface area contributed by atoms with Gasteiger partial charge in [-0.2, -0.15) is 0 Å². The molecule has 1 aromatic rings. The van der Waals surface area contributed by atoms with Crippen LogP contribution in [0.4, 0.5) is 0 Å². The minimum Gasteiger partial charge on any atom is -0.478 e. The van der Waals surface area contributed by atoms with E-state index < -0.39 is 5.97 Å². The van der Waals surface area contributed by atoms with E-state index in [1.807, 2.05) is 6.08 Å². The van der Waals surface area contributed by atoms with Crippen LogP contribution in [-0.2, 0) is 0 Å². The molecule has 0 radical (unpaired) electrons. The highest BCUT2D eigenvalue weighted by Gasteiger charge is 2.25. The molecule has 1 aliphatic carbocycles. The molecule has 0 aliphatic heterocycles. The lowest BCUT2D eigenvalue weighted by atomic mass is 9.74. The highest BCUT2D eigenvalue weighted by atomic mass is 16.4. The van der Waals surface area contributed by atoms with E-state index in [0.717, 1.165) is 36.0 Å². The molecule has 0 saturated carbocycles. The summed E-state index contributed by atoms with van der Waals surface area (Å²) in [4.78, 5) is 11.0. The lowest BCUT2D eigenvalue weighted by molar-refractivity contribution is 0.0697. The van der Waals surface area contributed by atoms with Gasteiger partial charge in [0.15, 0.2) is 0 Å². The van der Waals surface area contributed by atoms with Gasteiger partial charge in [0.1, 0.15) is 5.71 Å². The molecule has 0 amide bonds. The number of nitrogens with zero attached hydrogens (tertiary/aromatic N) is 1. The number of allylic oxidation sites excluding steroid dienone is 5. The maximum absolute atomic E-state index is 11.0. The van der Waals surface area contributed by atoms with Crippen LogP contribution < -0.4 is 0 Å². The fourth-order valence-corrected chi connectivity index (χ4v) is 3.36. The van der Waals surface area contributed by atoms with E-state index in [0.29, 0.717) is 5.71 Å². The fourth-order valence-electron chi connectivity index (χ4n) is 3.36. The van der Waals surface area contributed by atoms with Crippen LogP contribution in [-0.4, -0.2) is 22.0 Å². The van der Waals surface area contributed by atoms with Gasteiger partial charge in [-0.25, -0.2) is 4.79 Å². The molecule has 1 aliphatic rings. The third kappa shape index (κ3) is 6.74. The van der Waals surface area contributed by atoms with Crippen molar-refractivity contribution in [1.29, 1.82) is 0 Å². The number of hydrogen-bond donors (Lipinski definition) is 2. The van der Waals surface area contributed by atoms with Gasteiger partial charge in [-0.05, 0) is 72.8 Å². The molecule has 156 valence electrons. The zero-order valence-electron chi connectivity index (χ0n) is 18.2. The molecule has 4 heteroatoms. The van der Waals surface area contributed by atoms with E-state index in [1.54, 1.807) is 30.3 Å². The van der Waals surface area contributed by atoms with Crippen LogP contribution in [0.2, 0.25) is 0 Å². The first-order chi connectivity index (χ1) is 13.5. The molecule has 0 bridgehead atoms. The number of hydrogen-bond acceptors (Lipinski definition) is 3.